The summed E-state index contributed by atoms with van der Waals surface area (Å²) in [6.07, 6.45) is 5.10. The molecule has 1 N–H and O–H groups in total. The topological polar surface area (TPSA) is 51.2 Å². The fourth-order valence-electron chi connectivity index (χ4n) is 1.78. The molecule has 92 valence electrons. The smallest absolute Gasteiger partial charge is 0.269 e. The Labute approximate surface area is 109 Å². The van der Waals surface area contributed by atoms with E-state index in [0.29, 0.717) is 12.2 Å². The molecule has 1 aliphatic rings. The van der Waals surface area contributed by atoms with E-state index in [-0.39, 0.29) is 12.0 Å². The van der Waals surface area contributed by atoms with Crippen LogP contribution in [-0.2, 0) is 4.74 Å². The number of nitrogens with zero attached hydrogens (tertiary/aromatic N) is 1. The van der Waals surface area contributed by atoms with Gasteiger partial charge in [-0.15, -0.1) is 0 Å². The molecule has 1 fully saturated rings. The summed E-state index contributed by atoms with van der Waals surface area (Å²) in [6, 6.07) is 3.50. The molecule has 1 saturated heterocycles. The molecule has 17 heavy (non-hydrogen) atoms. The number of carbonyl (C=O) groups is 1. The first-order valence-corrected chi connectivity index (χ1v) is 6.56. The zero-order chi connectivity index (χ0) is 12.1. The summed E-state index contributed by atoms with van der Waals surface area (Å²) in [5.74, 6) is -0.147. The molecule has 0 aliphatic carbocycles. The van der Waals surface area contributed by atoms with Crippen LogP contribution in [0, 0.1) is 0 Å². The molecule has 0 aromatic carbocycles. The van der Waals surface area contributed by atoms with Crippen LogP contribution in [0.3, 0.4) is 0 Å². The minimum atomic E-state index is -0.147. The molecule has 1 amide bonds. The average Bonchev–Trinajstić information content (AvgIpc) is 2.38. The highest BCUT2D eigenvalue weighted by atomic mass is 79.9. The highest BCUT2D eigenvalue weighted by Gasteiger charge is 2.15. The Hall–Kier alpha value is -0.940. The lowest BCUT2D eigenvalue weighted by Crippen LogP contribution is -2.35. The molecule has 1 aromatic heterocycles. The number of pyridine rings is 1. The predicted octanol–water partition coefficient (Wildman–Crippen LogP) is 2.14. The first-order chi connectivity index (χ1) is 8.25. The van der Waals surface area contributed by atoms with E-state index < -0.39 is 0 Å². The number of hydrogen-bond donors (Lipinski definition) is 1. The van der Waals surface area contributed by atoms with Crippen molar-refractivity contribution >= 4 is 21.8 Å². The number of ether oxygens (including phenoxy) is 1. The van der Waals surface area contributed by atoms with Gasteiger partial charge < -0.3 is 10.1 Å². The van der Waals surface area contributed by atoms with Crippen LogP contribution in [0.5, 0.6) is 0 Å². The van der Waals surface area contributed by atoms with Crippen molar-refractivity contribution in [2.24, 2.45) is 0 Å². The van der Waals surface area contributed by atoms with Gasteiger partial charge >= 0.3 is 0 Å². The Kier molecular flexibility index (Phi) is 4.50. The molecule has 2 heterocycles. The Bertz CT molecular complexity index is 375. The Balaban J connectivity index is 1.82. The van der Waals surface area contributed by atoms with Gasteiger partial charge in [-0.05, 0) is 47.3 Å². The Morgan fingerprint density at radius 2 is 2.41 bits per heavy atom. The zero-order valence-electron chi connectivity index (χ0n) is 9.49. The van der Waals surface area contributed by atoms with Crippen molar-refractivity contribution in [1.82, 2.24) is 10.3 Å². The highest BCUT2D eigenvalue weighted by molar-refractivity contribution is 9.10. The highest BCUT2D eigenvalue weighted by Crippen LogP contribution is 2.12. The fourth-order valence-corrected chi connectivity index (χ4v) is 2.01. The number of rotatable bonds is 3. The third-order valence-electron chi connectivity index (χ3n) is 2.72. The fraction of sp³-hybridized carbons (Fsp3) is 0.500. The molecule has 1 aliphatic heterocycles. The molecule has 1 aromatic rings. The molecule has 1 unspecified atom stereocenters. The number of amides is 1. The summed E-state index contributed by atoms with van der Waals surface area (Å²) in [5, 5.41) is 2.85. The van der Waals surface area contributed by atoms with E-state index in [1.54, 1.807) is 18.3 Å². The third-order valence-corrected chi connectivity index (χ3v) is 3.19. The number of carbonyl (C=O) groups excluding carboxylic acids is 1. The van der Waals surface area contributed by atoms with Gasteiger partial charge in [-0.1, -0.05) is 0 Å². The van der Waals surface area contributed by atoms with E-state index >= 15 is 0 Å². The summed E-state index contributed by atoms with van der Waals surface area (Å²) in [6.45, 7) is 1.37. The summed E-state index contributed by atoms with van der Waals surface area (Å²) in [4.78, 5) is 15.8. The van der Waals surface area contributed by atoms with Gasteiger partial charge in [-0.25, -0.2) is 4.98 Å². The number of halogens is 1. The van der Waals surface area contributed by atoms with E-state index in [0.717, 1.165) is 23.9 Å². The minimum Gasteiger partial charge on any atom is -0.376 e. The Morgan fingerprint density at radius 1 is 1.53 bits per heavy atom. The molecule has 0 spiro atoms. The van der Waals surface area contributed by atoms with Crippen molar-refractivity contribution in [3.63, 3.8) is 0 Å². The van der Waals surface area contributed by atoms with Crippen molar-refractivity contribution in [2.75, 3.05) is 13.2 Å². The number of nitrogens with one attached hydrogen (secondary N) is 1. The second-order valence-electron chi connectivity index (χ2n) is 4.06. The van der Waals surface area contributed by atoms with Crippen molar-refractivity contribution < 1.29 is 9.53 Å². The summed E-state index contributed by atoms with van der Waals surface area (Å²) < 4.78 is 6.41. The lowest BCUT2D eigenvalue weighted by Gasteiger charge is -2.22. The summed E-state index contributed by atoms with van der Waals surface area (Å²) in [5.41, 5.74) is 0.434. The van der Waals surface area contributed by atoms with Crippen LogP contribution in [-0.4, -0.2) is 30.1 Å². The summed E-state index contributed by atoms with van der Waals surface area (Å²) in [7, 11) is 0. The lowest BCUT2D eigenvalue weighted by molar-refractivity contribution is 0.0168. The van der Waals surface area contributed by atoms with E-state index in [2.05, 4.69) is 26.2 Å². The van der Waals surface area contributed by atoms with Crippen LogP contribution in [0.2, 0.25) is 0 Å². The average molecular weight is 299 g/mol. The van der Waals surface area contributed by atoms with Gasteiger partial charge in [0, 0.05) is 23.8 Å². The van der Waals surface area contributed by atoms with Crippen LogP contribution in [0.25, 0.3) is 0 Å². The van der Waals surface area contributed by atoms with Crippen LogP contribution >= 0.6 is 15.9 Å². The first kappa shape index (κ1) is 12.5. The van der Waals surface area contributed by atoms with Gasteiger partial charge in [0.1, 0.15) is 5.69 Å². The molecule has 5 heteroatoms. The van der Waals surface area contributed by atoms with Crippen molar-refractivity contribution in [3.05, 3.63) is 28.5 Å². The molecular weight excluding hydrogens is 284 g/mol. The van der Waals surface area contributed by atoms with E-state index in [4.69, 9.17) is 4.74 Å². The van der Waals surface area contributed by atoms with Gasteiger partial charge in [0.2, 0.25) is 0 Å². The minimum absolute atomic E-state index is 0.147. The normalized spacial score (nSPS) is 19.9. The summed E-state index contributed by atoms with van der Waals surface area (Å²) >= 11 is 3.28. The van der Waals surface area contributed by atoms with E-state index in [1.807, 2.05) is 0 Å². The maximum Gasteiger partial charge on any atom is 0.269 e. The van der Waals surface area contributed by atoms with Gasteiger partial charge in [-0.3, -0.25) is 4.79 Å². The Morgan fingerprint density at radius 3 is 3.06 bits per heavy atom. The number of aromatic nitrogens is 1. The zero-order valence-corrected chi connectivity index (χ0v) is 11.1. The van der Waals surface area contributed by atoms with Gasteiger partial charge in [0.15, 0.2) is 0 Å². The molecule has 1 atom stereocenters. The third kappa shape index (κ3) is 3.78. The van der Waals surface area contributed by atoms with Crippen LogP contribution in [0.1, 0.15) is 29.8 Å². The largest absolute Gasteiger partial charge is 0.376 e. The molecule has 2 rings (SSSR count). The van der Waals surface area contributed by atoms with E-state index in [9.17, 15) is 4.79 Å². The standard InChI is InChI=1S/C12H15BrN2O2/c13-9-4-5-11(14-7-9)12(16)15-8-10-3-1-2-6-17-10/h4-5,7,10H,1-3,6,8H2,(H,15,16). The van der Waals surface area contributed by atoms with Crippen LogP contribution < -0.4 is 5.32 Å². The van der Waals surface area contributed by atoms with Crippen molar-refractivity contribution in [2.45, 2.75) is 25.4 Å². The SMILES string of the molecule is O=C(NCC1CCCCO1)c1ccc(Br)cn1. The molecule has 0 saturated carbocycles. The predicted molar refractivity (Wildman–Crippen MR) is 67.9 cm³/mol. The molecule has 4 nitrogen and oxygen atoms in total. The van der Waals surface area contributed by atoms with Gasteiger partial charge in [0.25, 0.3) is 5.91 Å². The maximum atomic E-state index is 11.8. The van der Waals surface area contributed by atoms with E-state index in [1.165, 1.54) is 6.42 Å². The molecule has 0 radical (unpaired) electrons. The second kappa shape index (κ2) is 6.12. The lowest BCUT2D eigenvalue weighted by atomic mass is 10.1. The van der Waals surface area contributed by atoms with Gasteiger partial charge in [-0.2, -0.15) is 0 Å². The number of hydrogen-bond acceptors (Lipinski definition) is 3. The first-order valence-electron chi connectivity index (χ1n) is 5.77. The quantitative estimate of drug-likeness (QED) is 0.930. The van der Waals surface area contributed by atoms with Crippen molar-refractivity contribution in [3.8, 4) is 0 Å². The van der Waals surface area contributed by atoms with Crippen LogP contribution in [0.15, 0.2) is 22.8 Å². The monoisotopic (exact) mass is 298 g/mol. The molecular formula is C12H15BrN2O2. The van der Waals surface area contributed by atoms with Gasteiger partial charge in [0.05, 0.1) is 6.10 Å². The van der Waals surface area contributed by atoms with Crippen LogP contribution in [0.4, 0.5) is 0 Å². The van der Waals surface area contributed by atoms with Crippen molar-refractivity contribution in [1.29, 1.82) is 0 Å². The molecule has 0 bridgehead atoms. The second-order valence-corrected chi connectivity index (χ2v) is 4.98. The maximum absolute atomic E-state index is 11.8.